The average Bonchev–Trinajstić information content (AvgIpc) is 2.99. The van der Waals surface area contributed by atoms with Crippen LogP contribution in [0.2, 0.25) is 0 Å². The maximum Gasteiger partial charge on any atom is 0.408 e. The van der Waals surface area contributed by atoms with E-state index >= 15 is 0 Å². The van der Waals surface area contributed by atoms with Crippen molar-refractivity contribution in [1.82, 2.24) is 5.32 Å². The Bertz CT molecular complexity index is 819. The van der Waals surface area contributed by atoms with Gasteiger partial charge in [0.25, 0.3) is 0 Å². The number of hydrogen-bond donors (Lipinski definition) is 2. The quantitative estimate of drug-likeness (QED) is 0.854. The van der Waals surface area contributed by atoms with E-state index in [1.165, 1.54) is 0 Å². The van der Waals surface area contributed by atoms with E-state index in [-0.39, 0.29) is 19.1 Å². The van der Waals surface area contributed by atoms with Crippen LogP contribution in [0.1, 0.15) is 16.7 Å². The van der Waals surface area contributed by atoms with Gasteiger partial charge in [0.1, 0.15) is 6.61 Å². The van der Waals surface area contributed by atoms with Crippen molar-refractivity contribution < 1.29 is 14.3 Å². The van der Waals surface area contributed by atoms with Crippen molar-refractivity contribution in [2.75, 3.05) is 11.9 Å². The first-order valence-corrected chi connectivity index (χ1v) is 7.57. The molecule has 1 aliphatic heterocycles. The molecule has 0 saturated carbocycles. The van der Waals surface area contributed by atoms with Gasteiger partial charge in [-0.2, -0.15) is 0 Å². The van der Waals surface area contributed by atoms with E-state index in [9.17, 15) is 9.59 Å². The fraction of sp³-hybridized carbons (Fsp3) is 0.158. The molecule has 5 heteroatoms. The summed E-state index contributed by atoms with van der Waals surface area (Å²) >= 11 is 0. The van der Waals surface area contributed by atoms with E-state index in [2.05, 4.69) is 22.5 Å². The highest BCUT2D eigenvalue weighted by atomic mass is 16.5. The van der Waals surface area contributed by atoms with Crippen LogP contribution in [0.5, 0.6) is 0 Å². The van der Waals surface area contributed by atoms with Crippen LogP contribution >= 0.6 is 0 Å². The topological polar surface area (TPSA) is 67.4 Å². The molecule has 0 radical (unpaired) electrons. The molecule has 3 rings (SSSR count). The first-order chi connectivity index (χ1) is 11.7. The van der Waals surface area contributed by atoms with Crippen LogP contribution in [-0.2, 0) is 22.6 Å². The molecule has 0 unspecified atom stereocenters. The Balaban J connectivity index is 1.49. The molecule has 120 valence electrons. The number of hydrogen-bond acceptors (Lipinski definition) is 3. The summed E-state index contributed by atoms with van der Waals surface area (Å²) in [5.41, 5.74) is 3.39. The van der Waals surface area contributed by atoms with Gasteiger partial charge in [0.15, 0.2) is 0 Å². The predicted molar refractivity (Wildman–Crippen MR) is 90.3 cm³/mol. The third kappa shape index (κ3) is 3.93. The minimum absolute atomic E-state index is 0.0261. The zero-order chi connectivity index (χ0) is 16.8. The summed E-state index contributed by atoms with van der Waals surface area (Å²) in [6, 6.07) is 15.1. The van der Waals surface area contributed by atoms with E-state index in [4.69, 9.17) is 4.74 Å². The molecule has 0 aliphatic carbocycles. The number of rotatable bonds is 3. The number of nitrogens with one attached hydrogen (secondary N) is 2. The van der Waals surface area contributed by atoms with Gasteiger partial charge in [-0.3, -0.25) is 4.79 Å². The Morgan fingerprint density at radius 3 is 2.83 bits per heavy atom. The van der Waals surface area contributed by atoms with E-state index in [0.29, 0.717) is 6.42 Å². The van der Waals surface area contributed by atoms with Crippen LogP contribution in [0.15, 0.2) is 48.5 Å². The summed E-state index contributed by atoms with van der Waals surface area (Å²) in [4.78, 5) is 23.0. The van der Waals surface area contributed by atoms with Crippen molar-refractivity contribution in [1.29, 1.82) is 0 Å². The number of amides is 2. The number of alkyl carbamates (subject to hydrolysis) is 1. The lowest BCUT2D eigenvalue weighted by Crippen LogP contribution is -2.24. The lowest BCUT2D eigenvalue weighted by atomic mass is 10.1. The molecular weight excluding hydrogens is 304 g/mol. The molecular formula is C19H16N2O3. The van der Waals surface area contributed by atoms with Gasteiger partial charge in [-0.1, -0.05) is 54.3 Å². The second kappa shape index (κ2) is 7.34. The molecule has 0 aromatic heterocycles. The van der Waals surface area contributed by atoms with Gasteiger partial charge in [0.05, 0.1) is 18.7 Å². The summed E-state index contributed by atoms with van der Waals surface area (Å²) in [6.07, 6.45) is -0.130. The molecule has 1 aliphatic rings. The minimum Gasteiger partial charge on any atom is -0.445 e. The molecule has 0 atom stereocenters. The van der Waals surface area contributed by atoms with Crippen LogP contribution in [0, 0.1) is 11.8 Å². The van der Waals surface area contributed by atoms with Crippen LogP contribution in [-0.4, -0.2) is 18.5 Å². The zero-order valence-corrected chi connectivity index (χ0v) is 13.0. The molecule has 24 heavy (non-hydrogen) atoms. The normalized spacial score (nSPS) is 11.8. The van der Waals surface area contributed by atoms with Crippen molar-refractivity contribution >= 4 is 17.7 Å². The standard InChI is InChI=1S/C19H16N2O3/c22-17-12-16-9-4-8-15(18(16)21-17)10-5-11-20-19(23)24-13-14-6-2-1-3-7-14/h1-4,6-9H,11-13H2,(H,20,23)(H,21,22). The van der Waals surface area contributed by atoms with E-state index < -0.39 is 6.09 Å². The molecule has 0 bridgehead atoms. The van der Waals surface area contributed by atoms with Gasteiger partial charge in [0, 0.05) is 5.56 Å². The van der Waals surface area contributed by atoms with Crippen molar-refractivity contribution in [3.05, 3.63) is 65.2 Å². The molecule has 2 N–H and O–H groups in total. The Kier molecular flexibility index (Phi) is 4.78. The second-order valence-corrected chi connectivity index (χ2v) is 5.28. The van der Waals surface area contributed by atoms with E-state index in [0.717, 1.165) is 22.4 Å². The van der Waals surface area contributed by atoms with Gasteiger partial charge >= 0.3 is 6.09 Å². The average molecular weight is 320 g/mol. The van der Waals surface area contributed by atoms with Gasteiger partial charge in [-0.15, -0.1) is 0 Å². The monoisotopic (exact) mass is 320 g/mol. The first kappa shape index (κ1) is 15.6. The molecule has 2 amide bonds. The summed E-state index contributed by atoms with van der Waals surface area (Å²) in [7, 11) is 0. The zero-order valence-electron chi connectivity index (χ0n) is 13.0. The van der Waals surface area contributed by atoms with Crippen molar-refractivity contribution in [2.24, 2.45) is 0 Å². The highest BCUT2D eigenvalue weighted by molar-refractivity contribution is 6.00. The van der Waals surface area contributed by atoms with Gasteiger partial charge < -0.3 is 15.4 Å². The van der Waals surface area contributed by atoms with Crippen molar-refractivity contribution in [3.63, 3.8) is 0 Å². The van der Waals surface area contributed by atoms with Gasteiger partial charge in [-0.25, -0.2) is 4.79 Å². The van der Waals surface area contributed by atoms with E-state index in [1.807, 2.05) is 48.5 Å². The van der Waals surface area contributed by atoms with Crippen molar-refractivity contribution in [3.8, 4) is 11.8 Å². The molecule has 0 saturated heterocycles. The highest BCUT2D eigenvalue weighted by Gasteiger charge is 2.19. The number of carbonyl (C=O) groups is 2. The Morgan fingerprint density at radius 1 is 1.17 bits per heavy atom. The molecule has 5 nitrogen and oxygen atoms in total. The second-order valence-electron chi connectivity index (χ2n) is 5.28. The lowest BCUT2D eigenvalue weighted by molar-refractivity contribution is -0.115. The SMILES string of the molecule is O=C1Cc2cccc(C#CCNC(=O)OCc3ccccc3)c2N1. The lowest BCUT2D eigenvalue weighted by Gasteiger charge is -2.04. The van der Waals surface area contributed by atoms with Crippen LogP contribution in [0.3, 0.4) is 0 Å². The Morgan fingerprint density at radius 2 is 2.00 bits per heavy atom. The van der Waals surface area contributed by atoms with Gasteiger partial charge in [0.2, 0.25) is 5.91 Å². The van der Waals surface area contributed by atoms with Crippen molar-refractivity contribution in [2.45, 2.75) is 13.0 Å². The summed E-state index contributed by atoms with van der Waals surface area (Å²) in [6.45, 7) is 0.392. The largest absolute Gasteiger partial charge is 0.445 e. The summed E-state index contributed by atoms with van der Waals surface area (Å²) < 4.78 is 5.09. The third-order valence-corrected chi connectivity index (χ3v) is 3.52. The minimum atomic E-state index is -0.514. The maximum absolute atomic E-state index is 11.6. The van der Waals surface area contributed by atoms with Crippen LogP contribution in [0.4, 0.5) is 10.5 Å². The van der Waals surface area contributed by atoms with Crippen LogP contribution in [0.25, 0.3) is 0 Å². The highest BCUT2D eigenvalue weighted by Crippen LogP contribution is 2.26. The fourth-order valence-electron chi connectivity index (χ4n) is 2.39. The van der Waals surface area contributed by atoms with Gasteiger partial charge in [-0.05, 0) is 17.2 Å². The Hall–Kier alpha value is -3.26. The number of para-hydroxylation sites is 1. The summed E-state index contributed by atoms with van der Waals surface area (Å²) in [5, 5.41) is 5.38. The summed E-state index contributed by atoms with van der Waals surface area (Å²) in [5.74, 6) is 5.80. The molecule has 1 heterocycles. The third-order valence-electron chi connectivity index (χ3n) is 3.52. The number of anilines is 1. The van der Waals surface area contributed by atoms with Crippen LogP contribution < -0.4 is 10.6 Å². The number of fused-ring (bicyclic) bond motifs is 1. The molecule has 0 fully saturated rings. The predicted octanol–water partition coefficient (Wildman–Crippen LogP) is 2.46. The fourth-order valence-corrected chi connectivity index (χ4v) is 2.39. The Labute approximate surface area is 140 Å². The van der Waals surface area contributed by atoms with E-state index in [1.54, 1.807) is 0 Å². The maximum atomic E-state index is 11.6. The number of benzene rings is 2. The number of carbonyl (C=O) groups excluding carboxylic acids is 2. The number of ether oxygens (including phenoxy) is 1. The molecule has 2 aromatic rings. The molecule has 0 spiro atoms. The molecule has 2 aromatic carbocycles. The smallest absolute Gasteiger partial charge is 0.408 e. The first-order valence-electron chi connectivity index (χ1n) is 7.57.